The predicted molar refractivity (Wildman–Crippen MR) is 570 cm³/mol. The largest absolute Gasteiger partial charge is 0.469 e. The van der Waals surface area contributed by atoms with Gasteiger partial charge in [0.2, 0.25) is 0 Å². The maximum absolute atomic E-state index is 12.4. The van der Waals surface area contributed by atoms with Gasteiger partial charge in [0.15, 0.2) is 5.69 Å². The fourth-order valence-corrected chi connectivity index (χ4v) is 18.5. The van der Waals surface area contributed by atoms with Crippen LogP contribution in [0.1, 0.15) is 396 Å². The number of pyridine rings is 1. The first-order valence-corrected chi connectivity index (χ1v) is 49.7. The molecule has 23 heteroatoms. The molecule has 0 aromatic carbocycles. The molecule has 13 heterocycles. The molecule has 7 aromatic heterocycles. The number of aryl methyl sites for hydroxylation is 9. The van der Waals surface area contributed by atoms with Crippen LogP contribution in [-0.2, 0) is 20.3 Å². The number of aromatic amines is 1. The number of nitrogens with zero attached hydrogens (tertiary/aromatic N) is 15. The summed E-state index contributed by atoms with van der Waals surface area (Å²) in [4.78, 5) is 33.2. The molecule has 6 aliphatic rings. The number of aliphatic imine (C=N–C) groups is 6. The van der Waals surface area contributed by atoms with E-state index in [0.717, 1.165) is 80.2 Å². The van der Waals surface area contributed by atoms with E-state index < -0.39 is 23.6 Å². The molecule has 0 unspecified atom stereocenters. The van der Waals surface area contributed by atoms with Gasteiger partial charge in [0, 0.05) is 101 Å². The Kier molecular flexibility index (Phi) is 51.6. The Balaban J connectivity index is 0.000000503. The molecule has 760 valence electrons. The number of rotatable bonds is 17. The number of furan rings is 1. The van der Waals surface area contributed by atoms with E-state index in [1.165, 1.54) is 136 Å². The average Bonchev–Trinajstić information content (AvgIpc) is 1.66. The maximum Gasteiger partial charge on any atom is 0.435 e. The summed E-state index contributed by atoms with van der Waals surface area (Å²) in [5.74, 6) is 7.08. The highest BCUT2D eigenvalue weighted by molar-refractivity contribution is 6.04. The molecule has 0 atom stereocenters. The fourth-order valence-electron chi connectivity index (χ4n) is 18.5. The molecule has 0 amide bonds. The molecule has 17 nitrogen and oxygen atoms in total. The van der Waals surface area contributed by atoms with Crippen LogP contribution in [0.4, 0.5) is 26.3 Å². The first-order valence-electron chi connectivity index (χ1n) is 49.7. The summed E-state index contributed by atoms with van der Waals surface area (Å²) in [5, 5.41) is 16.6. The van der Waals surface area contributed by atoms with Gasteiger partial charge in [-0.2, -0.15) is 46.7 Å². The van der Waals surface area contributed by atoms with Gasteiger partial charge in [-0.15, -0.1) is 0 Å². The minimum Gasteiger partial charge on any atom is -0.469 e. The monoisotopic (exact) mass is 1890 g/mol. The second kappa shape index (κ2) is 57.2. The molecule has 136 heavy (non-hydrogen) atoms. The lowest BCUT2D eigenvalue weighted by Crippen LogP contribution is -2.17. The van der Waals surface area contributed by atoms with E-state index in [1.54, 1.807) is 44.3 Å². The Labute approximate surface area is 819 Å². The second-order valence-corrected chi connectivity index (χ2v) is 40.6. The zero-order chi connectivity index (χ0) is 104. The van der Waals surface area contributed by atoms with Crippen LogP contribution in [-0.4, -0.2) is 129 Å². The van der Waals surface area contributed by atoms with Gasteiger partial charge in [0.05, 0.1) is 73.9 Å². The van der Waals surface area contributed by atoms with Crippen molar-refractivity contribution in [3.63, 3.8) is 0 Å². The summed E-state index contributed by atoms with van der Waals surface area (Å²) in [6.07, 6.45) is 2.26. The van der Waals surface area contributed by atoms with Crippen molar-refractivity contribution >= 4 is 34.3 Å². The van der Waals surface area contributed by atoms with Gasteiger partial charge in [-0.25, -0.2) is 4.68 Å². The normalized spacial score (nSPS) is 14.7. The van der Waals surface area contributed by atoms with E-state index in [2.05, 4.69) is 332 Å². The molecular formula is C113H180F6N16O. The highest BCUT2D eigenvalue weighted by Gasteiger charge is 2.40. The average molecular weight is 1890 g/mol. The van der Waals surface area contributed by atoms with Gasteiger partial charge >= 0.3 is 12.4 Å². The van der Waals surface area contributed by atoms with Crippen molar-refractivity contribution in [2.24, 2.45) is 79.6 Å². The van der Waals surface area contributed by atoms with Crippen LogP contribution in [0, 0.1) is 84.0 Å². The molecule has 13 rings (SSSR count). The molecule has 0 bridgehead atoms. The third-order valence-corrected chi connectivity index (χ3v) is 24.2. The topological polar surface area (TPSA) is 187 Å². The van der Waals surface area contributed by atoms with Gasteiger partial charge in [0.1, 0.15) is 5.76 Å². The third kappa shape index (κ3) is 37.7. The zero-order valence-electron chi connectivity index (χ0n) is 93.0. The fraction of sp³-hybridized carbons (Fsp3) is 0.619. The number of alkyl halides is 6. The molecule has 0 aliphatic carbocycles. The SMILES string of the molecule is CC(C)c1cc(C(F)(F)F)nn1C.CC1=NCC(C(F)(F)F)=C1C(C)C.CC1=NCC(C)=C1C(C)C.CC1=NCC(C)=C1C(C)C.CC1=NCC(C)=C1C(C)C.CCC1=NCC(C)=C1C(C)C.CCC1=NCC(CC)=C1C(C)C.Cc1c[nH]c(C)c1C(C)C.Cc1cc(C(C)C)n(-c2ccncc2)n1.Cc1cc(C(C)C)n(C(C)C)n1.Cc1cc(C(C)C)n(C)n1.Cc1coc(C)c1C(C)C. The first kappa shape index (κ1) is 123. The van der Waals surface area contributed by atoms with Crippen LogP contribution in [0.5, 0.6) is 0 Å². The van der Waals surface area contributed by atoms with Crippen LogP contribution < -0.4 is 0 Å². The zero-order valence-corrected chi connectivity index (χ0v) is 93.0. The summed E-state index contributed by atoms with van der Waals surface area (Å²) in [6, 6.07) is 11.9. The smallest absolute Gasteiger partial charge is 0.435 e. The van der Waals surface area contributed by atoms with E-state index in [0.29, 0.717) is 82.2 Å². The standard InChI is InChI=1S/C12H15N3.C11H19N.C10H18N2.C10H17N.C9H12F3N.4C9H15N.C9H14O.C8H11F3N2.C8H14N2/c1-9(2)12-8-10(3)14-15(12)11-4-6-13-7-5-11;1-5-9-7-12-10(6-2)11(9)8(3)4;1-7(2)10-6-9(5)11-12(10)8(3)4;1-5-9-10(7(2)3)8(4)6-11-9;1-5(2)8-6(3)13-4-7(8)9(10,11)12;5*1-6(2)9-7(3)5-10-8(9)4;1-5(2)6-4-7(8(9,10)11)12-13(6)3;1-6(2)8-5-7(3)9-10(8)4/h4-9H,1-3H3;8H,5-7H2,1-4H3;6-8H,1-5H3;7H,5-6H2,1-4H3;5H,4H2,1-3H3;3*6H,5H2,1-4H3;5-6,10H,1-4H3;5-6H,1-4H3;4-5H,1-3H3;5-6H,1-4H3. The second-order valence-electron chi connectivity index (χ2n) is 40.6. The summed E-state index contributed by atoms with van der Waals surface area (Å²) in [5.41, 5.74) is 36.5. The molecule has 0 saturated carbocycles. The highest BCUT2D eigenvalue weighted by atomic mass is 19.4. The summed E-state index contributed by atoms with van der Waals surface area (Å²) in [6.45, 7) is 98.0. The minimum atomic E-state index is -4.34. The molecular weight excluding hydrogens is 1710 g/mol. The van der Waals surface area contributed by atoms with Crippen LogP contribution in [0.2, 0.25) is 0 Å². The molecule has 0 spiro atoms. The van der Waals surface area contributed by atoms with E-state index >= 15 is 0 Å². The van der Waals surface area contributed by atoms with Crippen LogP contribution in [0.15, 0.2) is 163 Å². The van der Waals surface area contributed by atoms with Crippen molar-refractivity contribution in [1.29, 1.82) is 0 Å². The van der Waals surface area contributed by atoms with E-state index in [4.69, 9.17) is 4.42 Å². The van der Waals surface area contributed by atoms with Gasteiger partial charge in [-0.05, 0) is 328 Å². The van der Waals surface area contributed by atoms with Gasteiger partial charge in [-0.3, -0.25) is 49.0 Å². The molecule has 0 saturated heterocycles. The number of hydrogen-bond donors (Lipinski definition) is 1. The maximum atomic E-state index is 12.4. The Morgan fingerprint density at radius 2 is 0.728 bits per heavy atom. The summed E-state index contributed by atoms with van der Waals surface area (Å²) >= 11 is 0. The molecule has 0 fully saturated rings. The molecule has 6 aliphatic heterocycles. The lowest BCUT2D eigenvalue weighted by molar-refractivity contribution is -0.141. The number of hydrogen-bond acceptors (Lipinski definition) is 12. The van der Waals surface area contributed by atoms with Crippen LogP contribution in [0.3, 0.4) is 0 Å². The Morgan fingerprint density at radius 3 is 1.00 bits per heavy atom. The van der Waals surface area contributed by atoms with Crippen molar-refractivity contribution < 1.29 is 30.8 Å². The predicted octanol–water partition coefficient (Wildman–Crippen LogP) is 32.1. The van der Waals surface area contributed by atoms with Crippen molar-refractivity contribution in [3.05, 3.63) is 207 Å². The molecule has 1 N–H and O–H groups in total. The Morgan fingerprint density at radius 1 is 0.360 bits per heavy atom. The van der Waals surface area contributed by atoms with Crippen molar-refractivity contribution in [3.8, 4) is 5.69 Å². The van der Waals surface area contributed by atoms with Crippen molar-refractivity contribution in [2.45, 2.75) is 378 Å². The van der Waals surface area contributed by atoms with Gasteiger partial charge < -0.3 is 9.40 Å². The molecule has 0 radical (unpaired) electrons. The van der Waals surface area contributed by atoms with Crippen molar-refractivity contribution in [2.75, 3.05) is 39.3 Å². The van der Waals surface area contributed by atoms with E-state index in [9.17, 15) is 26.3 Å². The number of nitrogens with one attached hydrogen (secondary N) is 1. The summed E-state index contributed by atoms with van der Waals surface area (Å²) < 4.78 is 86.3. The van der Waals surface area contributed by atoms with Gasteiger partial charge in [-0.1, -0.05) is 187 Å². The molecule has 7 aromatic rings. The lowest BCUT2D eigenvalue weighted by Gasteiger charge is -2.13. The number of H-pyrrole nitrogens is 1. The van der Waals surface area contributed by atoms with Gasteiger partial charge in [0.25, 0.3) is 0 Å². The van der Waals surface area contributed by atoms with E-state index in [1.807, 2.05) is 76.3 Å². The van der Waals surface area contributed by atoms with Crippen LogP contribution >= 0.6 is 0 Å². The number of halogens is 6. The van der Waals surface area contributed by atoms with E-state index in [-0.39, 0.29) is 18.4 Å². The van der Waals surface area contributed by atoms with Crippen LogP contribution in [0.25, 0.3) is 5.69 Å². The van der Waals surface area contributed by atoms with Crippen molar-refractivity contribution in [1.82, 2.24) is 49.1 Å². The lowest BCUT2D eigenvalue weighted by atomic mass is 9.93. The Bertz CT molecular complexity index is 5070. The quantitative estimate of drug-likeness (QED) is 0.0883. The highest BCUT2D eigenvalue weighted by Crippen LogP contribution is 2.37. The number of allylic oxidation sites excluding steroid dienone is 6. The Hall–Kier alpha value is -9.41. The number of aromatic nitrogens is 10. The third-order valence-electron chi connectivity index (χ3n) is 24.2. The first-order chi connectivity index (χ1) is 63.0. The summed E-state index contributed by atoms with van der Waals surface area (Å²) in [7, 11) is 3.51. The minimum absolute atomic E-state index is 0.0496.